The summed E-state index contributed by atoms with van der Waals surface area (Å²) < 4.78 is 0. The quantitative estimate of drug-likeness (QED) is 0.853. The molecule has 2 unspecified atom stereocenters. The van der Waals surface area contributed by atoms with E-state index in [9.17, 15) is 0 Å². The molecule has 0 radical (unpaired) electrons. The van der Waals surface area contributed by atoms with Crippen molar-refractivity contribution in [2.45, 2.75) is 32.7 Å². The Labute approximate surface area is 116 Å². The van der Waals surface area contributed by atoms with Gasteiger partial charge >= 0.3 is 0 Å². The lowest BCUT2D eigenvalue weighted by molar-refractivity contribution is 0.507. The molecule has 2 aromatic carbocycles. The lowest BCUT2D eigenvalue weighted by atomic mass is 9.87. The van der Waals surface area contributed by atoms with E-state index in [0.717, 1.165) is 0 Å². The maximum Gasteiger partial charge on any atom is 0.0384 e. The van der Waals surface area contributed by atoms with Gasteiger partial charge in [-0.05, 0) is 32.0 Å². The molecule has 0 fully saturated rings. The zero-order valence-electron chi connectivity index (χ0n) is 12.3. The first-order chi connectivity index (χ1) is 9.11. The summed E-state index contributed by atoms with van der Waals surface area (Å²) in [5.41, 5.74) is 5.41. The second-order valence-corrected chi connectivity index (χ2v) is 5.39. The van der Waals surface area contributed by atoms with Crippen molar-refractivity contribution in [3.8, 4) is 0 Å². The van der Waals surface area contributed by atoms with Gasteiger partial charge < -0.3 is 5.32 Å². The van der Waals surface area contributed by atoms with Crippen LogP contribution < -0.4 is 5.32 Å². The van der Waals surface area contributed by atoms with Crippen LogP contribution in [0.4, 0.5) is 0 Å². The molecule has 0 aliphatic heterocycles. The molecule has 0 heterocycles. The molecule has 0 aliphatic rings. The average Bonchev–Trinajstić information content (AvgIpc) is 2.39. The summed E-state index contributed by atoms with van der Waals surface area (Å²) in [6.45, 7) is 6.61. The minimum atomic E-state index is 0.348. The molecule has 0 bridgehead atoms. The van der Waals surface area contributed by atoms with E-state index in [1.807, 2.05) is 7.05 Å². The van der Waals surface area contributed by atoms with Crippen LogP contribution in [0.25, 0.3) is 0 Å². The lowest BCUT2D eigenvalue weighted by Gasteiger charge is -2.25. The van der Waals surface area contributed by atoms with E-state index in [0.29, 0.717) is 12.0 Å². The van der Waals surface area contributed by atoms with Crippen LogP contribution in [0.1, 0.15) is 41.1 Å². The second-order valence-electron chi connectivity index (χ2n) is 5.39. The first-order valence-corrected chi connectivity index (χ1v) is 6.92. The number of aryl methyl sites for hydroxylation is 2. The van der Waals surface area contributed by atoms with Crippen LogP contribution in [-0.2, 0) is 0 Å². The van der Waals surface area contributed by atoms with Crippen LogP contribution in [0.2, 0.25) is 0 Å². The maximum atomic E-state index is 3.47. The van der Waals surface area contributed by atoms with E-state index in [1.54, 1.807) is 0 Å². The fraction of sp³-hybridized carbons (Fsp3) is 0.333. The summed E-state index contributed by atoms with van der Waals surface area (Å²) in [6, 6.07) is 17.8. The third-order valence-electron chi connectivity index (χ3n) is 3.74. The van der Waals surface area contributed by atoms with Crippen LogP contribution >= 0.6 is 0 Å². The molecule has 2 aromatic rings. The van der Waals surface area contributed by atoms with Crippen LogP contribution in [0.15, 0.2) is 48.5 Å². The largest absolute Gasteiger partial charge is 0.312 e. The molecule has 19 heavy (non-hydrogen) atoms. The Morgan fingerprint density at radius 2 is 1.42 bits per heavy atom. The number of hydrogen-bond donors (Lipinski definition) is 1. The van der Waals surface area contributed by atoms with Crippen molar-refractivity contribution in [1.29, 1.82) is 0 Å². The van der Waals surface area contributed by atoms with Gasteiger partial charge in [0.1, 0.15) is 0 Å². The molecular formula is C18H23N. The van der Waals surface area contributed by atoms with E-state index in [-0.39, 0.29) is 0 Å². The van der Waals surface area contributed by atoms with Crippen LogP contribution in [-0.4, -0.2) is 7.05 Å². The summed E-state index contributed by atoms with van der Waals surface area (Å²) in [4.78, 5) is 0. The van der Waals surface area contributed by atoms with Gasteiger partial charge in [-0.1, -0.05) is 66.6 Å². The lowest BCUT2D eigenvalue weighted by Crippen LogP contribution is -2.22. The van der Waals surface area contributed by atoms with Crippen molar-refractivity contribution < 1.29 is 0 Å². The van der Waals surface area contributed by atoms with Gasteiger partial charge in [0.15, 0.2) is 0 Å². The highest BCUT2D eigenvalue weighted by Crippen LogP contribution is 2.31. The number of likely N-dealkylation sites (N-methyl/N-ethyl adjacent to an activating group) is 1. The molecule has 0 aliphatic carbocycles. The predicted octanol–water partition coefficient (Wildman–Crippen LogP) is 4.37. The predicted molar refractivity (Wildman–Crippen MR) is 82.6 cm³/mol. The minimum absolute atomic E-state index is 0.348. The molecule has 0 saturated heterocycles. The summed E-state index contributed by atoms with van der Waals surface area (Å²) >= 11 is 0. The Bertz CT molecular complexity index is 510. The Hall–Kier alpha value is -1.60. The van der Waals surface area contributed by atoms with Gasteiger partial charge in [-0.2, -0.15) is 0 Å². The maximum absolute atomic E-state index is 3.47. The van der Waals surface area contributed by atoms with Gasteiger partial charge in [-0.3, -0.25) is 0 Å². The Morgan fingerprint density at radius 3 is 1.95 bits per heavy atom. The van der Waals surface area contributed by atoms with Crippen molar-refractivity contribution >= 4 is 0 Å². The van der Waals surface area contributed by atoms with Gasteiger partial charge in [0.25, 0.3) is 0 Å². The summed E-state index contributed by atoms with van der Waals surface area (Å²) in [7, 11) is 2.04. The monoisotopic (exact) mass is 253 g/mol. The van der Waals surface area contributed by atoms with Crippen molar-refractivity contribution in [3.05, 3.63) is 70.8 Å². The fourth-order valence-electron chi connectivity index (χ4n) is 2.84. The first kappa shape index (κ1) is 13.8. The van der Waals surface area contributed by atoms with E-state index >= 15 is 0 Å². The second kappa shape index (κ2) is 6.03. The average molecular weight is 253 g/mol. The Balaban J connectivity index is 2.34. The first-order valence-electron chi connectivity index (χ1n) is 6.92. The minimum Gasteiger partial charge on any atom is -0.312 e. The molecule has 1 nitrogen and oxygen atoms in total. The molecule has 1 N–H and O–H groups in total. The molecule has 0 amide bonds. The highest BCUT2D eigenvalue weighted by molar-refractivity contribution is 5.33. The Kier molecular flexibility index (Phi) is 4.39. The van der Waals surface area contributed by atoms with E-state index < -0.39 is 0 Å². The van der Waals surface area contributed by atoms with Gasteiger partial charge in [0, 0.05) is 12.0 Å². The van der Waals surface area contributed by atoms with Crippen LogP contribution in [0, 0.1) is 13.8 Å². The SMILES string of the molecule is CNC(c1cc(C)cc(C)c1)C(C)c1ccccc1. The van der Waals surface area contributed by atoms with Crippen molar-refractivity contribution in [3.63, 3.8) is 0 Å². The van der Waals surface area contributed by atoms with E-state index in [2.05, 4.69) is 74.6 Å². The zero-order chi connectivity index (χ0) is 13.8. The topological polar surface area (TPSA) is 12.0 Å². The highest BCUT2D eigenvalue weighted by Gasteiger charge is 2.19. The fourth-order valence-corrected chi connectivity index (χ4v) is 2.84. The molecule has 2 rings (SSSR count). The van der Waals surface area contributed by atoms with Gasteiger partial charge in [-0.25, -0.2) is 0 Å². The number of benzene rings is 2. The van der Waals surface area contributed by atoms with Crippen molar-refractivity contribution in [2.24, 2.45) is 0 Å². The van der Waals surface area contributed by atoms with Gasteiger partial charge in [0.05, 0.1) is 0 Å². The molecule has 0 spiro atoms. The summed E-state index contributed by atoms with van der Waals surface area (Å²) in [5.74, 6) is 0.451. The molecule has 0 aromatic heterocycles. The smallest absolute Gasteiger partial charge is 0.0384 e. The number of rotatable bonds is 4. The standard InChI is InChI=1S/C18H23N/c1-13-10-14(2)12-17(11-13)18(19-4)15(3)16-8-6-5-7-9-16/h5-12,15,18-19H,1-4H3. The molecule has 0 saturated carbocycles. The molecule has 2 atom stereocenters. The van der Waals surface area contributed by atoms with Crippen molar-refractivity contribution in [2.75, 3.05) is 7.05 Å². The normalized spacial score (nSPS) is 14.1. The molecule has 1 heteroatoms. The van der Waals surface area contributed by atoms with Gasteiger partial charge in [0.2, 0.25) is 0 Å². The number of hydrogen-bond acceptors (Lipinski definition) is 1. The molecule has 100 valence electrons. The van der Waals surface area contributed by atoms with Gasteiger partial charge in [-0.15, -0.1) is 0 Å². The van der Waals surface area contributed by atoms with Crippen LogP contribution in [0.5, 0.6) is 0 Å². The molecular weight excluding hydrogens is 230 g/mol. The zero-order valence-corrected chi connectivity index (χ0v) is 12.3. The highest BCUT2D eigenvalue weighted by atomic mass is 14.9. The summed E-state index contributed by atoms with van der Waals surface area (Å²) in [6.07, 6.45) is 0. The Morgan fingerprint density at radius 1 is 0.842 bits per heavy atom. The van der Waals surface area contributed by atoms with Crippen molar-refractivity contribution in [1.82, 2.24) is 5.32 Å². The number of nitrogens with one attached hydrogen (secondary N) is 1. The van der Waals surface area contributed by atoms with E-state index in [4.69, 9.17) is 0 Å². The third kappa shape index (κ3) is 3.24. The van der Waals surface area contributed by atoms with Crippen LogP contribution in [0.3, 0.4) is 0 Å². The summed E-state index contributed by atoms with van der Waals surface area (Å²) in [5, 5.41) is 3.47. The van der Waals surface area contributed by atoms with E-state index in [1.165, 1.54) is 22.3 Å². The third-order valence-corrected chi connectivity index (χ3v) is 3.74.